The molecular formula is C13H17Cl2FN2O. The number of nitrogens with one attached hydrogen (secondary N) is 1. The molecule has 0 aliphatic carbocycles. The van der Waals surface area contributed by atoms with Crippen LogP contribution in [0.3, 0.4) is 0 Å². The zero-order valence-corrected chi connectivity index (χ0v) is 12.2. The summed E-state index contributed by atoms with van der Waals surface area (Å²) < 4.78 is 12.9. The molecular weight excluding hydrogens is 290 g/mol. The summed E-state index contributed by atoms with van der Waals surface area (Å²) in [4.78, 5) is 13.7. The lowest BCUT2D eigenvalue weighted by Crippen LogP contribution is -2.41. The lowest BCUT2D eigenvalue weighted by molar-refractivity contribution is -0.132. The monoisotopic (exact) mass is 306 g/mol. The maximum Gasteiger partial charge on any atom is 0.239 e. The van der Waals surface area contributed by atoms with Gasteiger partial charge in [-0.2, -0.15) is 0 Å². The van der Waals surface area contributed by atoms with Crippen LogP contribution in [0.4, 0.5) is 4.39 Å². The Hall–Kier alpha value is -0.840. The zero-order chi connectivity index (χ0) is 13.1. The number of halogens is 3. The Balaban J connectivity index is 0.00000180. The fourth-order valence-corrected chi connectivity index (χ4v) is 2.37. The molecule has 1 N–H and O–H groups in total. The molecule has 1 aromatic carbocycles. The van der Waals surface area contributed by atoms with E-state index in [0.29, 0.717) is 11.6 Å². The Bertz CT molecular complexity index is 450. The molecule has 1 atom stereocenters. The van der Waals surface area contributed by atoms with Gasteiger partial charge in [0.25, 0.3) is 0 Å². The van der Waals surface area contributed by atoms with Crippen LogP contribution in [0, 0.1) is 5.82 Å². The molecule has 0 spiro atoms. The second kappa shape index (κ2) is 7.08. The quantitative estimate of drug-likeness (QED) is 0.931. The first-order chi connectivity index (χ1) is 8.58. The Morgan fingerprint density at radius 2 is 2.32 bits per heavy atom. The van der Waals surface area contributed by atoms with Crippen molar-refractivity contribution in [3.8, 4) is 0 Å². The molecule has 19 heavy (non-hydrogen) atoms. The maximum absolute atomic E-state index is 12.9. The lowest BCUT2D eigenvalue weighted by atomic mass is 10.1. The highest BCUT2D eigenvalue weighted by atomic mass is 35.5. The number of benzene rings is 1. The van der Waals surface area contributed by atoms with E-state index in [2.05, 4.69) is 5.32 Å². The van der Waals surface area contributed by atoms with Crippen LogP contribution in [-0.4, -0.2) is 30.4 Å². The summed E-state index contributed by atoms with van der Waals surface area (Å²) in [7, 11) is 1.74. The van der Waals surface area contributed by atoms with E-state index in [1.165, 1.54) is 12.1 Å². The molecule has 3 nitrogen and oxygen atoms in total. The standard InChI is InChI=1S/C13H16ClFN2O.ClH/c1-17(13(18)12-3-2-6-16-12)8-9-4-5-10(15)7-11(9)14;/h4-5,7,12,16H,2-3,6,8H2,1H3;1H. The predicted octanol–water partition coefficient (Wildman–Crippen LogP) is 2.61. The van der Waals surface area contributed by atoms with Gasteiger partial charge in [-0.05, 0) is 37.1 Å². The maximum atomic E-state index is 12.9. The van der Waals surface area contributed by atoms with Crippen molar-refractivity contribution in [3.05, 3.63) is 34.6 Å². The molecule has 1 fully saturated rings. The van der Waals surface area contributed by atoms with Gasteiger partial charge in [-0.25, -0.2) is 4.39 Å². The van der Waals surface area contributed by atoms with Crippen LogP contribution in [0.5, 0.6) is 0 Å². The molecule has 0 bridgehead atoms. The van der Waals surface area contributed by atoms with E-state index in [9.17, 15) is 9.18 Å². The Morgan fingerprint density at radius 1 is 1.58 bits per heavy atom. The molecule has 1 aliphatic heterocycles. The van der Waals surface area contributed by atoms with Crippen molar-refractivity contribution >= 4 is 29.9 Å². The van der Waals surface area contributed by atoms with Crippen LogP contribution in [0.2, 0.25) is 5.02 Å². The van der Waals surface area contributed by atoms with Crippen LogP contribution in [0.25, 0.3) is 0 Å². The van der Waals surface area contributed by atoms with Crippen LogP contribution in [0.15, 0.2) is 18.2 Å². The number of amides is 1. The molecule has 1 amide bonds. The van der Waals surface area contributed by atoms with E-state index in [0.717, 1.165) is 24.9 Å². The number of nitrogens with zero attached hydrogens (tertiary/aromatic N) is 1. The van der Waals surface area contributed by atoms with Crippen molar-refractivity contribution in [1.82, 2.24) is 10.2 Å². The van der Waals surface area contributed by atoms with E-state index in [4.69, 9.17) is 11.6 Å². The van der Waals surface area contributed by atoms with Crippen molar-refractivity contribution in [2.24, 2.45) is 0 Å². The van der Waals surface area contributed by atoms with Crippen molar-refractivity contribution in [3.63, 3.8) is 0 Å². The smallest absolute Gasteiger partial charge is 0.239 e. The minimum atomic E-state index is -0.366. The largest absolute Gasteiger partial charge is 0.340 e. The average molecular weight is 307 g/mol. The van der Waals surface area contributed by atoms with Gasteiger partial charge in [0, 0.05) is 18.6 Å². The number of carbonyl (C=O) groups excluding carboxylic acids is 1. The molecule has 1 aromatic rings. The van der Waals surface area contributed by atoms with Crippen LogP contribution in [0.1, 0.15) is 18.4 Å². The third-order valence-electron chi connectivity index (χ3n) is 3.16. The first kappa shape index (κ1) is 16.2. The van der Waals surface area contributed by atoms with Gasteiger partial charge in [-0.1, -0.05) is 17.7 Å². The lowest BCUT2D eigenvalue weighted by Gasteiger charge is -2.21. The van der Waals surface area contributed by atoms with E-state index in [-0.39, 0.29) is 30.2 Å². The van der Waals surface area contributed by atoms with Gasteiger partial charge >= 0.3 is 0 Å². The van der Waals surface area contributed by atoms with E-state index in [1.54, 1.807) is 18.0 Å². The number of rotatable bonds is 3. The van der Waals surface area contributed by atoms with Crippen molar-refractivity contribution in [2.45, 2.75) is 25.4 Å². The minimum absolute atomic E-state index is 0. The predicted molar refractivity (Wildman–Crippen MR) is 76.2 cm³/mol. The topological polar surface area (TPSA) is 32.3 Å². The Kier molecular flexibility index (Phi) is 6.04. The van der Waals surface area contributed by atoms with Crippen molar-refractivity contribution < 1.29 is 9.18 Å². The number of hydrogen-bond acceptors (Lipinski definition) is 2. The Morgan fingerprint density at radius 3 is 2.89 bits per heavy atom. The summed E-state index contributed by atoms with van der Waals surface area (Å²) in [6, 6.07) is 4.15. The third kappa shape index (κ3) is 4.06. The molecule has 1 aliphatic rings. The van der Waals surface area contributed by atoms with Crippen LogP contribution in [-0.2, 0) is 11.3 Å². The fraction of sp³-hybridized carbons (Fsp3) is 0.462. The molecule has 106 valence electrons. The van der Waals surface area contributed by atoms with Gasteiger partial charge in [0.1, 0.15) is 5.82 Å². The second-order valence-corrected chi connectivity index (χ2v) is 4.99. The van der Waals surface area contributed by atoms with E-state index in [1.807, 2.05) is 0 Å². The first-order valence-electron chi connectivity index (χ1n) is 6.00. The van der Waals surface area contributed by atoms with Gasteiger partial charge in [0.2, 0.25) is 5.91 Å². The summed E-state index contributed by atoms with van der Waals surface area (Å²) in [5.41, 5.74) is 0.756. The third-order valence-corrected chi connectivity index (χ3v) is 3.51. The van der Waals surface area contributed by atoms with Gasteiger partial charge in [0.05, 0.1) is 6.04 Å². The number of likely N-dealkylation sites (N-methyl/N-ethyl adjacent to an activating group) is 1. The van der Waals surface area contributed by atoms with Gasteiger partial charge in [-0.15, -0.1) is 12.4 Å². The summed E-state index contributed by atoms with van der Waals surface area (Å²) >= 11 is 5.94. The van der Waals surface area contributed by atoms with E-state index < -0.39 is 0 Å². The summed E-state index contributed by atoms with van der Waals surface area (Å²) in [5, 5.41) is 3.52. The SMILES string of the molecule is CN(Cc1ccc(F)cc1Cl)C(=O)C1CCCN1.Cl. The average Bonchev–Trinajstić information content (AvgIpc) is 2.85. The summed E-state index contributed by atoms with van der Waals surface area (Å²) in [6.45, 7) is 1.29. The molecule has 0 aromatic heterocycles. The first-order valence-corrected chi connectivity index (χ1v) is 6.38. The number of hydrogen-bond donors (Lipinski definition) is 1. The molecule has 2 rings (SSSR count). The van der Waals surface area contributed by atoms with Gasteiger partial charge in [-0.3, -0.25) is 4.79 Å². The zero-order valence-electron chi connectivity index (χ0n) is 10.7. The van der Waals surface area contributed by atoms with Crippen LogP contribution >= 0.6 is 24.0 Å². The van der Waals surface area contributed by atoms with Crippen molar-refractivity contribution in [1.29, 1.82) is 0 Å². The molecule has 0 saturated carbocycles. The molecule has 6 heteroatoms. The van der Waals surface area contributed by atoms with E-state index >= 15 is 0 Å². The summed E-state index contributed by atoms with van der Waals surface area (Å²) in [5.74, 6) is -0.303. The van der Waals surface area contributed by atoms with Crippen molar-refractivity contribution in [2.75, 3.05) is 13.6 Å². The highest BCUT2D eigenvalue weighted by molar-refractivity contribution is 6.31. The highest BCUT2D eigenvalue weighted by Gasteiger charge is 2.25. The summed E-state index contributed by atoms with van der Waals surface area (Å²) in [6.07, 6.45) is 1.90. The van der Waals surface area contributed by atoms with Crippen LogP contribution < -0.4 is 5.32 Å². The molecule has 1 heterocycles. The normalized spacial score (nSPS) is 17.9. The molecule has 1 unspecified atom stereocenters. The fourth-order valence-electron chi connectivity index (χ4n) is 2.14. The molecule has 1 saturated heterocycles. The highest BCUT2D eigenvalue weighted by Crippen LogP contribution is 2.19. The number of carbonyl (C=O) groups is 1. The second-order valence-electron chi connectivity index (χ2n) is 4.58. The van der Waals surface area contributed by atoms with Gasteiger partial charge in [0.15, 0.2) is 0 Å². The molecule has 0 radical (unpaired) electrons. The Labute approximate surface area is 123 Å². The van der Waals surface area contributed by atoms with Gasteiger partial charge < -0.3 is 10.2 Å². The minimum Gasteiger partial charge on any atom is -0.340 e.